The van der Waals surface area contributed by atoms with Gasteiger partial charge in [-0.1, -0.05) is 42.5 Å². The van der Waals surface area contributed by atoms with Crippen molar-refractivity contribution < 1.29 is 0 Å². The van der Waals surface area contributed by atoms with E-state index in [1.807, 2.05) is 72.8 Å². The average Bonchev–Trinajstić information content (AvgIpc) is 2.89. The van der Waals surface area contributed by atoms with E-state index in [2.05, 4.69) is 21.0 Å². The summed E-state index contributed by atoms with van der Waals surface area (Å²) >= 11 is 0. The molecule has 0 atom stereocenters. The number of nitrogens with zero attached hydrogens (tertiary/aromatic N) is 3. The molecule has 5 heteroatoms. The topological polar surface area (TPSA) is 71.5 Å². The van der Waals surface area contributed by atoms with Crippen molar-refractivity contribution in [2.24, 2.45) is 0 Å². The molecule has 0 spiro atoms. The fourth-order valence-corrected chi connectivity index (χ4v) is 4.17. The van der Waals surface area contributed by atoms with E-state index in [1.165, 1.54) is 0 Å². The molecule has 0 amide bonds. The number of hydrogen-bond donors (Lipinski definition) is 1. The Hall–Kier alpha value is -4.64. The van der Waals surface area contributed by atoms with Crippen LogP contribution in [0.25, 0.3) is 55.4 Å². The smallest absolute Gasteiger partial charge is 0.198 e. The van der Waals surface area contributed by atoms with E-state index in [0.717, 1.165) is 38.9 Å². The molecule has 0 radical (unpaired) electrons. The van der Waals surface area contributed by atoms with Gasteiger partial charge in [-0.15, -0.1) is 0 Å². The van der Waals surface area contributed by atoms with Crippen LogP contribution in [0.3, 0.4) is 0 Å². The molecular weight excluding hydrogens is 408 g/mol. The van der Waals surface area contributed by atoms with Crippen LogP contribution in [0.2, 0.25) is 0 Å². The first-order chi connectivity index (χ1) is 16.3. The van der Waals surface area contributed by atoms with Gasteiger partial charge >= 0.3 is 0 Å². The Morgan fingerprint density at radius 2 is 1.55 bits per heavy atom. The Bertz CT molecular complexity index is 1680. The molecule has 6 rings (SSSR count). The fourth-order valence-electron chi connectivity index (χ4n) is 4.17. The van der Waals surface area contributed by atoms with Crippen LogP contribution >= 0.6 is 0 Å². The summed E-state index contributed by atoms with van der Waals surface area (Å²) in [6, 6.07) is 25.7. The lowest BCUT2D eigenvalue weighted by atomic mass is 9.96. The number of aromatic amines is 1. The highest BCUT2D eigenvalue weighted by molar-refractivity contribution is 5.94. The SMILES string of the molecule is O=c1c(-c2ccncc2)c[nH]c2nc(-c3ccccc3)c(-c3ccc4ncccc4c3)cc12. The third-order valence-electron chi connectivity index (χ3n) is 5.82. The number of hydrogen-bond acceptors (Lipinski definition) is 4. The summed E-state index contributed by atoms with van der Waals surface area (Å²) in [7, 11) is 0. The summed E-state index contributed by atoms with van der Waals surface area (Å²) in [6.07, 6.45) is 6.88. The van der Waals surface area contributed by atoms with Gasteiger partial charge in [0, 0.05) is 46.9 Å². The van der Waals surface area contributed by atoms with Crippen LogP contribution in [-0.4, -0.2) is 19.9 Å². The number of H-pyrrole nitrogens is 1. The lowest BCUT2D eigenvalue weighted by Crippen LogP contribution is -2.08. The van der Waals surface area contributed by atoms with E-state index >= 15 is 0 Å². The second-order valence-corrected chi connectivity index (χ2v) is 7.82. The monoisotopic (exact) mass is 426 g/mol. The summed E-state index contributed by atoms with van der Waals surface area (Å²) in [5.41, 5.74) is 6.52. The molecular formula is C28H18N4O. The molecule has 4 heterocycles. The van der Waals surface area contributed by atoms with Gasteiger partial charge in [-0.3, -0.25) is 14.8 Å². The van der Waals surface area contributed by atoms with Crippen molar-refractivity contribution in [3.05, 3.63) is 114 Å². The lowest BCUT2D eigenvalue weighted by molar-refractivity contribution is 1.27. The van der Waals surface area contributed by atoms with Gasteiger partial charge in [-0.05, 0) is 47.5 Å². The van der Waals surface area contributed by atoms with Crippen LogP contribution in [0.5, 0.6) is 0 Å². The molecule has 0 bridgehead atoms. The van der Waals surface area contributed by atoms with Crippen LogP contribution < -0.4 is 5.43 Å². The largest absolute Gasteiger partial charge is 0.345 e. The molecule has 0 aliphatic heterocycles. The van der Waals surface area contributed by atoms with E-state index < -0.39 is 0 Å². The van der Waals surface area contributed by atoms with Crippen molar-refractivity contribution in [1.82, 2.24) is 19.9 Å². The molecule has 4 aromatic heterocycles. The maximum Gasteiger partial charge on any atom is 0.198 e. The maximum atomic E-state index is 13.5. The Morgan fingerprint density at radius 3 is 2.39 bits per heavy atom. The van der Waals surface area contributed by atoms with Crippen molar-refractivity contribution >= 4 is 21.9 Å². The van der Waals surface area contributed by atoms with Gasteiger partial charge in [0.15, 0.2) is 5.43 Å². The van der Waals surface area contributed by atoms with Crippen molar-refractivity contribution in [1.29, 1.82) is 0 Å². The highest BCUT2D eigenvalue weighted by atomic mass is 16.1. The molecule has 1 N–H and O–H groups in total. The van der Waals surface area contributed by atoms with Crippen LogP contribution in [0.15, 0.2) is 108 Å². The molecule has 33 heavy (non-hydrogen) atoms. The summed E-state index contributed by atoms with van der Waals surface area (Å²) < 4.78 is 0. The zero-order valence-electron chi connectivity index (χ0n) is 17.6. The first-order valence-electron chi connectivity index (χ1n) is 10.7. The Labute approximate surface area is 189 Å². The minimum Gasteiger partial charge on any atom is -0.345 e. The Kier molecular flexibility index (Phi) is 4.51. The molecule has 0 saturated heterocycles. The van der Waals surface area contributed by atoms with Crippen LogP contribution in [0.1, 0.15) is 0 Å². The van der Waals surface area contributed by atoms with Gasteiger partial charge in [0.05, 0.1) is 16.6 Å². The zero-order chi connectivity index (χ0) is 22.2. The number of aromatic nitrogens is 4. The van der Waals surface area contributed by atoms with Crippen molar-refractivity contribution in [2.75, 3.05) is 0 Å². The van der Waals surface area contributed by atoms with Crippen LogP contribution in [0, 0.1) is 0 Å². The molecule has 156 valence electrons. The normalized spacial score (nSPS) is 11.2. The second kappa shape index (κ2) is 7.80. The van der Waals surface area contributed by atoms with E-state index in [4.69, 9.17) is 4.98 Å². The molecule has 0 unspecified atom stereocenters. The highest BCUT2D eigenvalue weighted by Crippen LogP contribution is 2.34. The van der Waals surface area contributed by atoms with Crippen molar-refractivity contribution in [3.8, 4) is 33.5 Å². The number of pyridine rings is 4. The van der Waals surface area contributed by atoms with Gasteiger partial charge in [0.2, 0.25) is 0 Å². The predicted molar refractivity (Wildman–Crippen MR) is 132 cm³/mol. The lowest BCUT2D eigenvalue weighted by Gasteiger charge is -2.13. The molecule has 6 aromatic rings. The highest BCUT2D eigenvalue weighted by Gasteiger charge is 2.16. The number of benzene rings is 2. The van der Waals surface area contributed by atoms with E-state index in [-0.39, 0.29) is 5.43 Å². The Morgan fingerprint density at radius 1 is 0.697 bits per heavy atom. The van der Waals surface area contributed by atoms with Crippen molar-refractivity contribution in [2.45, 2.75) is 0 Å². The standard InChI is InChI=1S/C28H18N4O/c33-27-23-16-22(20-8-9-25-21(15-20)7-4-12-30-25)26(19-5-2-1-3-6-19)32-28(23)31-17-24(27)18-10-13-29-14-11-18/h1-17H,(H,31,32,33). The van der Waals surface area contributed by atoms with Gasteiger partial charge in [0.25, 0.3) is 0 Å². The van der Waals surface area contributed by atoms with Crippen LogP contribution in [-0.2, 0) is 0 Å². The molecule has 0 aliphatic rings. The molecule has 0 aliphatic carbocycles. The summed E-state index contributed by atoms with van der Waals surface area (Å²) in [5, 5.41) is 1.58. The molecule has 2 aromatic carbocycles. The van der Waals surface area contributed by atoms with Crippen LogP contribution in [0.4, 0.5) is 0 Å². The third-order valence-corrected chi connectivity index (χ3v) is 5.82. The maximum absolute atomic E-state index is 13.5. The fraction of sp³-hybridized carbons (Fsp3) is 0. The van der Waals surface area contributed by atoms with E-state index in [0.29, 0.717) is 16.6 Å². The number of rotatable bonds is 3. The molecule has 0 fully saturated rings. The number of fused-ring (bicyclic) bond motifs is 2. The van der Waals surface area contributed by atoms with Gasteiger partial charge in [-0.25, -0.2) is 4.98 Å². The summed E-state index contributed by atoms with van der Waals surface area (Å²) in [6.45, 7) is 0. The zero-order valence-corrected chi connectivity index (χ0v) is 17.6. The summed E-state index contributed by atoms with van der Waals surface area (Å²) in [5.74, 6) is 0. The van der Waals surface area contributed by atoms with E-state index in [9.17, 15) is 4.79 Å². The first-order valence-corrected chi connectivity index (χ1v) is 10.7. The second-order valence-electron chi connectivity index (χ2n) is 7.82. The average molecular weight is 426 g/mol. The minimum absolute atomic E-state index is 0.0641. The Balaban J connectivity index is 1.65. The quantitative estimate of drug-likeness (QED) is 0.384. The number of nitrogens with one attached hydrogen (secondary N) is 1. The van der Waals surface area contributed by atoms with E-state index in [1.54, 1.807) is 24.8 Å². The minimum atomic E-state index is -0.0641. The first kappa shape index (κ1) is 19.1. The summed E-state index contributed by atoms with van der Waals surface area (Å²) in [4.78, 5) is 30.1. The third kappa shape index (κ3) is 3.36. The van der Waals surface area contributed by atoms with Gasteiger partial charge in [-0.2, -0.15) is 0 Å². The molecule has 5 nitrogen and oxygen atoms in total. The molecule has 0 saturated carbocycles. The van der Waals surface area contributed by atoms with Gasteiger partial charge in [0.1, 0.15) is 5.65 Å². The van der Waals surface area contributed by atoms with Gasteiger partial charge < -0.3 is 4.98 Å². The van der Waals surface area contributed by atoms with Crippen molar-refractivity contribution in [3.63, 3.8) is 0 Å². The predicted octanol–water partition coefficient (Wildman–Crippen LogP) is 5.87.